The Morgan fingerprint density at radius 1 is 1.00 bits per heavy atom. The third-order valence-electron chi connectivity index (χ3n) is 11.4. The van der Waals surface area contributed by atoms with Crippen molar-refractivity contribution in [2.24, 2.45) is 46.3 Å². The predicted molar refractivity (Wildman–Crippen MR) is 128 cm³/mol. The number of alkyl halides is 3. The Hall–Kier alpha value is -0.290. The topological polar surface area (TPSA) is 40.5 Å². The third kappa shape index (κ3) is 4.88. The maximum absolute atomic E-state index is 13.2. The van der Waals surface area contributed by atoms with Gasteiger partial charge in [0, 0.05) is 0 Å². The maximum Gasteiger partial charge on any atom is 0.416 e. The van der Waals surface area contributed by atoms with Crippen molar-refractivity contribution in [1.82, 2.24) is 0 Å². The van der Waals surface area contributed by atoms with Crippen LogP contribution in [0.4, 0.5) is 13.2 Å². The molecular weight excluding hydrogens is 425 g/mol. The van der Waals surface area contributed by atoms with Crippen LogP contribution >= 0.6 is 0 Å². The molecular formula is C28H49F3O2. The van der Waals surface area contributed by atoms with Crippen LogP contribution in [0, 0.1) is 46.3 Å². The molecule has 0 aromatic heterocycles. The van der Waals surface area contributed by atoms with Crippen molar-refractivity contribution >= 4 is 0 Å². The van der Waals surface area contributed by atoms with E-state index in [0.717, 1.165) is 39.0 Å². The molecule has 3 rings (SSSR count). The lowest BCUT2D eigenvalue weighted by Gasteiger charge is -2.63. The summed E-state index contributed by atoms with van der Waals surface area (Å²) in [7, 11) is 0. The molecule has 3 fully saturated rings. The zero-order valence-corrected chi connectivity index (χ0v) is 22.1. The van der Waals surface area contributed by atoms with Crippen molar-refractivity contribution in [3.05, 3.63) is 0 Å². The van der Waals surface area contributed by atoms with Crippen LogP contribution in [-0.4, -0.2) is 27.6 Å². The second-order valence-corrected chi connectivity index (χ2v) is 13.4. The van der Waals surface area contributed by atoms with Gasteiger partial charge in [0.25, 0.3) is 0 Å². The van der Waals surface area contributed by atoms with Crippen LogP contribution in [0.1, 0.15) is 113 Å². The van der Waals surface area contributed by atoms with Crippen LogP contribution in [-0.2, 0) is 0 Å². The van der Waals surface area contributed by atoms with Gasteiger partial charge in [-0.3, -0.25) is 0 Å². The van der Waals surface area contributed by atoms with E-state index in [1.165, 1.54) is 19.3 Å². The Labute approximate surface area is 200 Å². The number of rotatable bonds is 6. The van der Waals surface area contributed by atoms with Crippen molar-refractivity contribution in [2.75, 3.05) is 0 Å². The number of fused-ring (bicyclic) bond motifs is 3. The van der Waals surface area contributed by atoms with E-state index in [-0.39, 0.29) is 17.8 Å². The Morgan fingerprint density at radius 3 is 2.21 bits per heavy atom. The fourth-order valence-corrected chi connectivity index (χ4v) is 8.66. The SMILES string of the molecule is CC[C@H]1C2CC[C@H]3C[C@@](C)(O)CC[C@]3(C)[C@H]2CC[C@]1(C)[C@H](C)[C@H](C)CCC(C)(O)C(F)(F)F. The molecule has 2 nitrogen and oxygen atoms in total. The highest BCUT2D eigenvalue weighted by molar-refractivity contribution is 5.08. The minimum atomic E-state index is -4.58. The molecule has 194 valence electrons. The van der Waals surface area contributed by atoms with Crippen molar-refractivity contribution < 1.29 is 23.4 Å². The molecule has 0 saturated heterocycles. The van der Waals surface area contributed by atoms with E-state index in [9.17, 15) is 23.4 Å². The first-order valence-corrected chi connectivity index (χ1v) is 13.5. The molecule has 0 radical (unpaired) electrons. The van der Waals surface area contributed by atoms with E-state index in [4.69, 9.17) is 0 Å². The lowest BCUT2D eigenvalue weighted by atomic mass is 9.42. The van der Waals surface area contributed by atoms with Crippen LogP contribution < -0.4 is 0 Å². The van der Waals surface area contributed by atoms with Crippen molar-refractivity contribution in [1.29, 1.82) is 0 Å². The van der Waals surface area contributed by atoms with Gasteiger partial charge in [-0.05, 0) is 118 Å². The first-order chi connectivity index (χ1) is 15.0. The lowest BCUT2D eigenvalue weighted by Crippen LogP contribution is -2.56. The second kappa shape index (κ2) is 8.98. The Kier molecular flexibility index (Phi) is 7.43. The summed E-state index contributed by atoms with van der Waals surface area (Å²) in [5.74, 6) is 2.99. The van der Waals surface area contributed by atoms with Crippen LogP contribution in [0.15, 0.2) is 0 Å². The average molecular weight is 475 g/mol. The fraction of sp³-hybridized carbons (Fsp3) is 1.00. The van der Waals surface area contributed by atoms with Crippen LogP contribution in [0.25, 0.3) is 0 Å². The monoisotopic (exact) mass is 474 g/mol. The normalized spacial score (nSPS) is 45.5. The number of hydrogen-bond donors (Lipinski definition) is 2. The number of halogens is 3. The summed E-state index contributed by atoms with van der Waals surface area (Å²) in [6, 6.07) is 0. The summed E-state index contributed by atoms with van der Waals surface area (Å²) < 4.78 is 39.5. The smallest absolute Gasteiger partial charge is 0.390 e. The second-order valence-electron chi connectivity index (χ2n) is 13.4. The molecule has 0 aromatic carbocycles. The molecule has 0 spiro atoms. The van der Waals surface area contributed by atoms with Gasteiger partial charge in [0.15, 0.2) is 5.60 Å². The van der Waals surface area contributed by atoms with E-state index in [0.29, 0.717) is 41.4 Å². The third-order valence-corrected chi connectivity index (χ3v) is 11.4. The molecule has 10 atom stereocenters. The van der Waals surface area contributed by atoms with Gasteiger partial charge in [-0.1, -0.05) is 41.0 Å². The van der Waals surface area contributed by atoms with E-state index in [1.807, 2.05) is 6.92 Å². The molecule has 3 aliphatic rings. The van der Waals surface area contributed by atoms with Crippen LogP contribution in [0.5, 0.6) is 0 Å². The molecule has 33 heavy (non-hydrogen) atoms. The highest BCUT2D eigenvalue weighted by Crippen LogP contribution is 2.66. The number of aliphatic hydroxyl groups is 2. The molecule has 0 aromatic rings. The molecule has 3 saturated carbocycles. The van der Waals surface area contributed by atoms with Crippen LogP contribution in [0.3, 0.4) is 0 Å². The van der Waals surface area contributed by atoms with Gasteiger partial charge in [-0.15, -0.1) is 0 Å². The van der Waals surface area contributed by atoms with Crippen molar-refractivity contribution in [2.45, 2.75) is 130 Å². The Bertz CT molecular complexity index is 687. The largest absolute Gasteiger partial charge is 0.416 e. The zero-order valence-electron chi connectivity index (χ0n) is 22.1. The molecule has 2 N–H and O–H groups in total. The van der Waals surface area contributed by atoms with Gasteiger partial charge in [-0.2, -0.15) is 13.2 Å². The van der Waals surface area contributed by atoms with Crippen molar-refractivity contribution in [3.63, 3.8) is 0 Å². The van der Waals surface area contributed by atoms with Gasteiger partial charge >= 0.3 is 6.18 Å². The summed E-state index contributed by atoms with van der Waals surface area (Å²) in [6.45, 7) is 14.4. The Balaban J connectivity index is 1.75. The van der Waals surface area contributed by atoms with E-state index >= 15 is 0 Å². The summed E-state index contributed by atoms with van der Waals surface area (Å²) in [5, 5.41) is 20.6. The minimum Gasteiger partial charge on any atom is -0.390 e. The summed E-state index contributed by atoms with van der Waals surface area (Å²) in [4.78, 5) is 0. The van der Waals surface area contributed by atoms with Crippen LogP contribution in [0.2, 0.25) is 0 Å². The average Bonchev–Trinajstić information content (AvgIpc) is 2.70. The van der Waals surface area contributed by atoms with Gasteiger partial charge in [-0.25, -0.2) is 0 Å². The summed E-state index contributed by atoms with van der Waals surface area (Å²) in [5.41, 5.74) is -2.71. The van der Waals surface area contributed by atoms with E-state index < -0.39 is 17.4 Å². The van der Waals surface area contributed by atoms with Gasteiger partial charge < -0.3 is 10.2 Å². The predicted octanol–water partition coefficient (Wildman–Crippen LogP) is 7.76. The first-order valence-electron chi connectivity index (χ1n) is 13.5. The summed E-state index contributed by atoms with van der Waals surface area (Å²) in [6.07, 6.45) is 4.36. The molecule has 0 amide bonds. The first kappa shape index (κ1) is 27.3. The Morgan fingerprint density at radius 2 is 1.64 bits per heavy atom. The van der Waals surface area contributed by atoms with Gasteiger partial charge in [0.2, 0.25) is 0 Å². The standard InChI is InChI=1S/C28H49F3O2/c1-8-22-21-10-9-20-17-24(4,32)15-16-26(20,6)23(21)12-13-25(22,5)19(3)18(2)11-14-27(7,33)28(29,30)31/h18-23,32-33H,8-17H2,1-7H3/t18-,19-,20+,21?,22+,23+,24+,25-,26+,27?/m1/s1. The molecule has 0 bridgehead atoms. The molecule has 2 unspecified atom stereocenters. The number of hydrogen-bond acceptors (Lipinski definition) is 2. The maximum atomic E-state index is 13.2. The van der Waals surface area contributed by atoms with Crippen molar-refractivity contribution in [3.8, 4) is 0 Å². The van der Waals surface area contributed by atoms with E-state index in [1.54, 1.807) is 0 Å². The zero-order chi connectivity index (χ0) is 25.0. The molecule has 5 heteroatoms. The van der Waals surface area contributed by atoms with Gasteiger partial charge in [0.05, 0.1) is 5.60 Å². The lowest BCUT2D eigenvalue weighted by molar-refractivity contribution is -0.256. The molecule has 3 aliphatic carbocycles. The fourth-order valence-electron chi connectivity index (χ4n) is 8.66. The highest BCUT2D eigenvalue weighted by atomic mass is 19.4. The van der Waals surface area contributed by atoms with Gasteiger partial charge in [0.1, 0.15) is 0 Å². The molecule has 0 heterocycles. The minimum absolute atomic E-state index is 0.114. The summed E-state index contributed by atoms with van der Waals surface area (Å²) >= 11 is 0. The molecule has 0 aliphatic heterocycles. The quantitative estimate of drug-likeness (QED) is 0.413. The van der Waals surface area contributed by atoms with E-state index in [2.05, 4.69) is 34.6 Å². The highest BCUT2D eigenvalue weighted by Gasteiger charge is 2.59.